The first-order valence-electron chi connectivity index (χ1n) is 8.01. The first kappa shape index (κ1) is 18.2. The fourth-order valence-corrected chi connectivity index (χ4v) is 3.05. The molecule has 0 aliphatic heterocycles. The molecule has 5 nitrogen and oxygen atoms in total. The summed E-state index contributed by atoms with van der Waals surface area (Å²) in [6.07, 6.45) is 0. The number of carbonyl (C=O) groups is 1. The van der Waals surface area contributed by atoms with Crippen LogP contribution >= 0.6 is 22.9 Å². The van der Waals surface area contributed by atoms with Crippen LogP contribution in [0, 0.1) is 0 Å². The first-order chi connectivity index (χ1) is 12.6. The van der Waals surface area contributed by atoms with Gasteiger partial charge >= 0.3 is 0 Å². The van der Waals surface area contributed by atoms with E-state index in [1.165, 1.54) is 11.3 Å². The van der Waals surface area contributed by atoms with Crippen molar-refractivity contribution in [3.63, 3.8) is 0 Å². The number of aromatic nitrogens is 1. The van der Waals surface area contributed by atoms with Crippen LogP contribution in [0.3, 0.4) is 0 Å². The summed E-state index contributed by atoms with van der Waals surface area (Å²) in [5, 5.41) is 5.81. The van der Waals surface area contributed by atoms with Gasteiger partial charge in [-0.05, 0) is 43.3 Å². The van der Waals surface area contributed by atoms with Crippen molar-refractivity contribution in [2.45, 2.75) is 6.92 Å². The average Bonchev–Trinajstić information content (AvgIpc) is 3.10. The van der Waals surface area contributed by atoms with Crippen LogP contribution in [0.1, 0.15) is 6.92 Å². The molecular weight excluding hydrogens is 372 g/mol. The Morgan fingerprint density at radius 2 is 1.73 bits per heavy atom. The Morgan fingerprint density at radius 3 is 2.38 bits per heavy atom. The smallest absolute Gasteiger partial charge is 0.264 e. The molecule has 0 atom stereocenters. The Hall–Kier alpha value is -2.57. The quantitative estimate of drug-likeness (QED) is 0.626. The minimum absolute atomic E-state index is 0.0934. The number of carbonyl (C=O) groups excluding carboxylic acids is 1. The lowest BCUT2D eigenvalue weighted by atomic mass is 10.2. The summed E-state index contributed by atoms with van der Waals surface area (Å²) < 4.78 is 10.8. The van der Waals surface area contributed by atoms with Crippen LogP contribution in [0.4, 0.5) is 5.13 Å². The maximum atomic E-state index is 12.0. The number of halogens is 1. The number of amides is 1. The highest BCUT2D eigenvalue weighted by Gasteiger charge is 2.09. The Balaban J connectivity index is 1.52. The molecule has 0 radical (unpaired) electrons. The zero-order valence-electron chi connectivity index (χ0n) is 14.1. The second-order valence-electron chi connectivity index (χ2n) is 5.29. The molecule has 0 fully saturated rings. The van der Waals surface area contributed by atoms with E-state index in [2.05, 4.69) is 10.3 Å². The van der Waals surface area contributed by atoms with Crippen LogP contribution in [-0.4, -0.2) is 24.1 Å². The molecule has 26 heavy (non-hydrogen) atoms. The molecule has 0 spiro atoms. The van der Waals surface area contributed by atoms with Crippen LogP contribution in [-0.2, 0) is 4.79 Å². The monoisotopic (exact) mass is 388 g/mol. The van der Waals surface area contributed by atoms with Gasteiger partial charge in [0.25, 0.3) is 5.91 Å². The predicted molar refractivity (Wildman–Crippen MR) is 104 cm³/mol. The van der Waals surface area contributed by atoms with E-state index in [-0.39, 0.29) is 12.5 Å². The van der Waals surface area contributed by atoms with E-state index in [0.29, 0.717) is 22.5 Å². The molecule has 1 aromatic heterocycles. The zero-order valence-corrected chi connectivity index (χ0v) is 15.6. The van der Waals surface area contributed by atoms with Crippen molar-refractivity contribution in [2.75, 3.05) is 18.5 Å². The summed E-state index contributed by atoms with van der Waals surface area (Å²) >= 11 is 7.24. The molecule has 0 aliphatic carbocycles. The van der Waals surface area contributed by atoms with E-state index in [1.54, 1.807) is 36.4 Å². The molecule has 1 amide bonds. The van der Waals surface area contributed by atoms with E-state index in [9.17, 15) is 4.79 Å². The fraction of sp³-hybridized carbons (Fsp3) is 0.158. The van der Waals surface area contributed by atoms with Gasteiger partial charge in [-0.1, -0.05) is 23.7 Å². The van der Waals surface area contributed by atoms with Gasteiger partial charge in [0.1, 0.15) is 11.5 Å². The molecule has 134 valence electrons. The zero-order chi connectivity index (χ0) is 18.4. The van der Waals surface area contributed by atoms with E-state index in [4.69, 9.17) is 21.1 Å². The van der Waals surface area contributed by atoms with Crippen LogP contribution in [0.5, 0.6) is 11.5 Å². The number of hydrogen-bond donors (Lipinski definition) is 1. The highest BCUT2D eigenvalue weighted by Crippen LogP contribution is 2.26. The molecule has 0 saturated heterocycles. The minimum Gasteiger partial charge on any atom is -0.494 e. The van der Waals surface area contributed by atoms with Crippen LogP contribution in [0.25, 0.3) is 11.3 Å². The topological polar surface area (TPSA) is 60.5 Å². The van der Waals surface area contributed by atoms with E-state index < -0.39 is 0 Å². The van der Waals surface area contributed by atoms with E-state index >= 15 is 0 Å². The van der Waals surface area contributed by atoms with Gasteiger partial charge in [-0.15, -0.1) is 11.3 Å². The number of anilines is 1. The number of hydrogen-bond acceptors (Lipinski definition) is 5. The minimum atomic E-state index is -0.268. The van der Waals surface area contributed by atoms with Gasteiger partial charge in [0, 0.05) is 16.0 Å². The Morgan fingerprint density at radius 1 is 1.08 bits per heavy atom. The number of rotatable bonds is 7. The summed E-state index contributed by atoms with van der Waals surface area (Å²) in [5.41, 5.74) is 1.73. The number of nitrogens with one attached hydrogen (secondary N) is 1. The van der Waals surface area contributed by atoms with Crippen molar-refractivity contribution in [2.24, 2.45) is 0 Å². The fourth-order valence-electron chi connectivity index (χ4n) is 2.19. The largest absolute Gasteiger partial charge is 0.494 e. The lowest BCUT2D eigenvalue weighted by Crippen LogP contribution is -2.20. The molecule has 3 rings (SSSR count). The highest BCUT2D eigenvalue weighted by molar-refractivity contribution is 7.14. The second-order valence-corrected chi connectivity index (χ2v) is 6.58. The third kappa shape index (κ3) is 4.97. The summed E-state index contributed by atoms with van der Waals surface area (Å²) in [7, 11) is 0. The lowest BCUT2D eigenvalue weighted by Gasteiger charge is -2.07. The maximum absolute atomic E-state index is 12.0. The molecule has 0 bridgehead atoms. The van der Waals surface area contributed by atoms with Crippen molar-refractivity contribution in [3.8, 4) is 22.8 Å². The molecular formula is C19H17ClN2O3S. The molecule has 3 aromatic rings. The average molecular weight is 389 g/mol. The third-order valence-electron chi connectivity index (χ3n) is 3.40. The molecule has 0 saturated carbocycles. The summed E-state index contributed by atoms with van der Waals surface area (Å²) in [5.74, 6) is 1.10. The SMILES string of the molecule is CCOc1ccc(OCC(=O)Nc2nc(-c3ccc(Cl)cc3)cs2)cc1. The standard InChI is InChI=1S/C19H17ClN2O3S/c1-2-24-15-7-9-16(10-8-15)25-11-18(23)22-19-21-17(12-26-19)13-3-5-14(20)6-4-13/h3-10,12H,2,11H2,1H3,(H,21,22,23). The lowest BCUT2D eigenvalue weighted by molar-refractivity contribution is -0.118. The summed E-state index contributed by atoms with van der Waals surface area (Å²) in [4.78, 5) is 16.4. The Labute approximate surface area is 160 Å². The maximum Gasteiger partial charge on any atom is 0.264 e. The predicted octanol–water partition coefficient (Wildman–Crippen LogP) is 4.88. The second kappa shape index (κ2) is 8.69. The summed E-state index contributed by atoms with van der Waals surface area (Å²) in [6, 6.07) is 14.5. The van der Waals surface area contributed by atoms with Crippen LogP contribution in [0.15, 0.2) is 53.9 Å². The van der Waals surface area contributed by atoms with E-state index in [1.807, 2.05) is 24.4 Å². The van der Waals surface area contributed by atoms with E-state index in [0.717, 1.165) is 17.0 Å². The molecule has 0 aliphatic rings. The molecule has 1 N–H and O–H groups in total. The van der Waals surface area contributed by atoms with Gasteiger partial charge in [0.2, 0.25) is 0 Å². The van der Waals surface area contributed by atoms with Crippen molar-refractivity contribution in [1.82, 2.24) is 4.98 Å². The third-order valence-corrected chi connectivity index (χ3v) is 4.40. The number of thiazole rings is 1. The van der Waals surface area contributed by atoms with Gasteiger partial charge in [-0.2, -0.15) is 0 Å². The van der Waals surface area contributed by atoms with Crippen molar-refractivity contribution in [3.05, 3.63) is 58.9 Å². The number of benzene rings is 2. The Bertz CT molecular complexity index is 863. The van der Waals surface area contributed by atoms with Crippen molar-refractivity contribution in [1.29, 1.82) is 0 Å². The normalized spacial score (nSPS) is 10.4. The molecule has 0 unspecified atom stereocenters. The van der Waals surface area contributed by atoms with Crippen LogP contribution < -0.4 is 14.8 Å². The van der Waals surface area contributed by atoms with Gasteiger partial charge in [-0.3, -0.25) is 10.1 Å². The molecule has 7 heteroatoms. The first-order valence-corrected chi connectivity index (χ1v) is 9.27. The number of ether oxygens (including phenoxy) is 2. The van der Waals surface area contributed by atoms with Gasteiger partial charge < -0.3 is 9.47 Å². The summed E-state index contributed by atoms with van der Waals surface area (Å²) in [6.45, 7) is 2.43. The molecule has 1 heterocycles. The Kier molecular flexibility index (Phi) is 6.09. The van der Waals surface area contributed by atoms with Crippen LogP contribution in [0.2, 0.25) is 5.02 Å². The van der Waals surface area contributed by atoms with Gasteiger partial charge in [0.05, 0.1) is 12.3 Å². The van der Waals surface area contributed by atoms with Gasteiger partial charge in [-0.25, -0.2) is 4.98 Å². The number of nitrogens with zero attached hydrogens (tertiary/aromatic N) is 1. The van der Waals surface area contributed by atoms with Crippen molar-refractivity contribution >= 4 is 34.0 Å². The molecule has 2 aromatic carbocycles. The highest BCUT2D eigenvalue weighted by atomic mass is 35.5. The van der Waals surface area contributed by atoms with Crippen molar-refractivity contribution < 1.29 is 14.3 Å². The van der Waals surface area contributed by atoms with Gasteiger partial charge in [0.15, 0.2) is 11.7 Å².